The lowest BCUT2D eigenvalue weighted by Crippen LogP contribution is -2.11. The molecule has 1 aromatic heterocycles. The number of anilines is 1. The molecule has 0 unspecified atom stereocenters. The third-order valence-corrected chi connectivity index (χ3v) is 4.16. The van der Waals surface area contributed by atoms with Crippen LogP contribution in [0.25, 0.3) is 0 Å². The van der Waals surface area contributed by atoms with Crippen LogP contribution >= 0.6 is 27.3 Å². The molecule has 0 atom stereocenters. The van der Waals surface area contributed by atoms with E-state index in [2.05, 4.69) is 62.3 Å². The normalized spacial score (nSPS) is 10.5. The Kier molecular flexibility index (Phi) is 4.59. The molecule has 2 rings (SSSR count). The molecule has 90 valence electrons. The van der Waals surface area contributed by atoms with Crippen molar-refractivity contribution in [2.24, 2.45) is 0 Å². The summed E-state index contributed by atoms with van der Waals surface area (Å²) in [7, 11) is 1.94. The largest absolute Gasteiger partial charge is 0.388 e. The summed E-state index contributed by atoms with van der Waals surface area (Å²) in [5.74, 6) is 0. The number of benzene rings is 1. The van der Waals surface area contributed by atoms with Crippen LogP contribution in [0.4, 0.5) is 5.69 Å². The summed E-state index contributed by atoms with van der Waals surface area (Å²) in [4.78, 5) is 1.35. The summed E-state index contributed by atoms with van der Waals surface area (Å²) in [5, 5.41) is 8.70. The van der Waals surface area contributed by atoms with Crippen LogP contribution in [0.1, 0.15) is 10.4 Å². The monoisotopic (exact) mass is 310 g/mol. The van der Waals surface area contributed by atoms with Gasteiger partial charge in [-0.25, -0.2) is 0 Å². The summed E-state index contributed by atoms with van der Waals surface area (Å²) in [5.41, 5.74) is 2.45. The quantitative estimate of drug-likeness (QED) is 0.876. The fraction of sp³-hybridized carbons (Fsp3) is 0.231. The highest BCUT2D eigenvalue weighted by Crippen LogP contribution is 2.19. The second-order valence-electron chi connectivity index (χ2n) is 3.79. The number of halogens is 1. The lowest BCUT2D eigenvalue weighted by molar-refractivity contribution is 0.701. The Balaban J connectivity index is 1.85. The Morgan fingerprint density at radius 3 is 2.82 bits per heavy atom. The topological polar surface area (TPSA) is 24.1 Å². The van der Waals surface area contributed by atoms with Gasteiger partial charge in [0.05, 0.1) is 0 Å². The first-order valence-electron chi connectivity index (χ1n) is 5.48. The van der Waals surface area contributed by atoms with Crippen LogP contribution in [0.5, 0.6) is 0 Å². The third kappa shape index (κ3) is 3.84. The van der Waals surface area contributed by atoms with Crippen LogP contribution in [0.3, 0.4) is 0 Å². The second kappa shape index (κ2) is 6.19. The Labute approximate surface area is 114 Å². The smallest absolute Gasteiger partial charge is 0.0340 e. The maximum Gasteiger partial charge on any atom is 0.0340 e. The molecule has 0 radical (unpaired) electrons. The SMILES string of the molecule is CNc1cccc(CNCc2cc(Br)cs2)c1. The molecule has 0 fully saturated rings. The average Bonchev–Trinajstić information content (AvgIpc) is 2.75. The van der Waals surface area contributed by atoms with Crippen LogP contribution in [0, 0.1) is 0 Å². The van der Waals surface area contributed by atoms with E-state index in [0.29, 0.717) is 0 Å². The van der Waals surface area contributed by atoms with E-state index in [-0.39, 0.29) is 0 Å². The van der Waals surface area contributed by atoms with Crippen molar-refractivity contribution in [2.75, 3.05) is 12.4 Å². The van der Waals surface area contributed by atoms with Crippen molar-refractivity contribution in [1.82, 2.24) is 5.32 Å². The van der Waals surface area contributed by atoms with Gasteiger partial charge in [-0.05, 0) is 39.7 Å². The Hall–Kier alpha value is -0.840. The minimum absolute atomic E-state index is 0.894. The van der Waals surface area contributed by atoms with Gasteiger partial charge in [-0.15, -0.1) is 11.3 Å². The lowest BCUT2D eigenvalue weighted by atomic mass is 10.2. The first kappa shape index (κ1) is 12.6. The van der Waals surface area contributed by atoms with E-state index < -0.39 is 0 Å². The molecular weight excluding hydrogens is 296 g/mol. The third-order valence-electron chi connectivity index (χ3n) is 2.47. The van der Waals surface area contributed by atoms with Crippen LogP contribution in [0.2, 0.25) is 0 Å². The summed E-state index contributed by atoms with van der Waals surface area (Å²) >= 11 is 5.23. The number of thiophene rings is 1. The highest BCUT2D eigenvalue weighted by molar-refractivity contribution is 9.10. The van der Waals surface area contributed by atoms with Gasteiger partial charge in [-0.1, -0.05) is 12.1 Å². The number of hydrogen-bond donors (Lipinski definition) is 2. The van der Waals surface area contributed by atoms with Crippen LogP contribution in [-0.2, 0) is 13.1 Å². The molecule has 0 spiro atoms. The van der Waals surface area contributed by atoms with E-state index in [9.17, 15) is 0 Å². The molecule has 4 heteroatoms. The summed E-state index contributed by atoms with van der Waals surface area (Å²) in [6.45, 7) is 1.81. The first-order valence-corrected chi connectivity index (χ1v) is 7.15. The predicted molar refractivity (Wildman–Crippen MR) is 78.6 cm³/mol. The fourth-order valence-electron chi connectivity index (χ4n) is 1.61. The van der Waals surface area contributed by atoms with E-state index in [4.69, 9.17) is 0 Å². The zero-order valence-corrected chi connectivity index (χ0v) is 12.1. The summed E-state index contributed by atoms with van der Waals surface area (Å²) < 4.78 is 1.16. The molecule has 2 aromatic rings. The van der Waals surface area contributed by atoms with Gasteiger partial charge >= 0.3 is 0 Å². The van der Waals surface area contributed by atoms with E-state index in [1.54, 1.807) is 11.3 Å². The second-order valence-corrected chi connectivity index (χ2v) is 5.70. The van der Waals surface area contributed by atoms with Gasteiger partial charge in [0.15, 0.2) is 0 Å². The molecular formula is C13H15BrN2S. The van der Waals surface area contributed by atoms with Gasteiger partial charge in [0.1, 0.15) is 0 Å². The molecule has 0 saturated heterocycles. The summed E-state index contributed by atoms with van der Waals surface area (Å²) in [6.07, 6.45) is 0. The minimum Gasteiger partial charge on any atom is -0.388 e. The zero-order chi connectivity index (χ0) is 12.1. The first-order chi connectivity index (χ1) is 8.28. The van der Waals surface area contributed by atoms with Gasteiger partial charge < -0.3 is 10.6 Å². The molecule has 0 aliphatic heterocycles. The molecule has 0 amide bonds. The minimum atomic E-state index is 0.894. The van der Waals surface area contributed by atoms with Crippen LogP contribution < -0.4 is 10.6 Å². The highest BCUT2D eigenvalue weighted by atomic mass is 79.9. The number of nitrogens with one attached hydrogen (secondary N) is 2. The fourth-order valence-corrected chi connectivity index (χ4v) is 3.03. The van der Waals surface area contributed by atoms with E-state index in [0.717, 1.165) is 23.2 Å². The number of rotatable bonds is 5. The molecule has 2 N–H and O–H groups in total. The highest BCUT2D eigenvalue weighted by Gasteiger charge is 1.98. The van der Waals surface area contributed by atoms with Gasteiger partial charge in [0, 0.05) is 40.6 Å². The van der Waals surface area contributed by atoms with Crippen molar-refractivity contribution >= 4 is 33.0 Å². The predicted octanol–water partition coefficient (Wildman–Crippen LogP) is 3.84. The van der Waals surface area contributed by atoms with Gasteiger partial charge in [-0.3, -0.25) is 0 Å². The molecule has 1 aromatic carbocycles. The van der Waals surface area contributed by atoms with Crippen molar-refractivity contribution in [3.63, 3.8) is 0 Å². The van der Waals surface area contributed by atoms with Gasteiger partial charge in [-0.2, -0.15) is 0 Å². The molecule has 0 aliphatic carbocycles. The lowest BCUT2D eigenvalue weighted by Gasteiger charge is -2.06. The molecule has 2 nitrogen and oxygen atoms in total. The average molecular weight is 311 g/mol. The van der Waals surface area contributed by atoms with Crippen molar-refractivity contribution in [3.05, 3.63) is 50.6 Å². The van der Waals surface area contributed by atoms with Gasteiger partial charge in [0.2, 0.25) is 0 Å². The Morgan fingerprint density at radius 1 is 1.24 bits per heavy atom. The van der Waals surface area contributed by atoms with Crippen molar-refractivity contribution < 1.29 is 0 Å². The van der Waals surface area contributed by atoms with Crippen LogP contribution in [0.15, 0.2) is 40.2 Å². The standard InChI is InChI=1S/C13H15BrN2S/c1-15-12-4-2-3-10(5-12)7-16-8-13-6-11(14)9-17-13/h2-6,9,15-16H,7-8H2,1H3. The molecule has 1 heterocycles. The molecule has 0 bridgehead atoms. The number of hydrogen-bond acceptors (Lipinski definition) is 3. The Bertz CT molecular complexity index is 482. The molecule has 0 saturated carbocycles. The molecule has 0 aliphatic rings. The van der Waals surface area contributed by atoms with Crippen molar-refractivity contribution in [2.45, 2.75) is 13.1 Å². The van der Waals surface area contributed by atoms with Crippen molar-refractivity contribution in [1.29, 1.82) is 0 Å². The van der Waals surface area contributed by atoms with E-state index >= 15 is 0 Å². The van der Waals surface area contributed by atoms with Gasteiger partial charge in [0.25, 0.3) is 0 Å². The van der Waals surface area contributed by atoms with Crippen LogP contribution in [-0.4, -0.2) is 7.05 Å². The van der Waals surface area contributed by atoms with E-state index in [1.807, 2.05) is 7.05 Å². The zero-order valence-electron chi connectivity index (χ0n) is 9.66. The maximum absolute atomic E-state index is 3.46. The summed E-state index contributed by atoms with van der Waals surface area (Å²) in [6, 6.07) is 10.6. The Morgan fingerprint density at radius 2 is 2.12 bits per heavy atom. The van der Waals surface area contributed by atoms with E-state index in [1.165, 1.54) is 10.4 Å². The maximum atomic E-state index is 3.46. The van der Waals surface area contributed by atoms with Crippen molar-refractivity contribution in [3.8, 4) is 0 Å². The molecule has 17 heavy (non-hydrogen) atoms.